The van der Waals surface area contributed by atoms with E-state index in [1.807, 2.05) is 53.9 Å². The summed E-state index contributed by atoms with van der Waals surface area (Å²) in [5.74, 6) is -0.131. The fourth-order valence-corrected chi connectivity index (χ4v) is 3.84. The lowest BCUT2D eigenvalue weighted by Gasteiger charge is -2.07. The molecule has 0 atom stereocenters. The van der Waals surface area contributed by atoms with Gasteiger partial charge in [0.1, 0.15) is 0 Å². The minimum atomic E-state index is -0.131. The van der Waals surface area contributed by atoms with Crippen molar-refractivity contribution < 1.29 is 4.79 Å². The Morgan fingerprint density at radius 2 is 1.81 bits per heavy atom. The van der Waals surface area contributed by atoms with Crippen LogP contribution in [-0.4, -0.2) is 30.4 Å². The summed E-state index contributed by atoms with van der Waals surface area (Å²) in [6.45, 7) is 0. The van der Waals surface area contributed by atoms with E-state index in [1.165, 1.54) is 11.3 Å². The highest BCUT2D eigenvalue weighted by Gasteiger charge is 2.31. The van der Waals surface area contributed by atoms with Crippen LogP contribution in [0.1, 0.15) is 5.56 Å². The molecule has 0 N–H and O–H groups in total. The van der Waals surface area contributed by atoms with Crippen LogP contribution in [0, 0.1) is 0 Å². The zero-order chi connectivity index (χ0) is 18.3. The fourth-order valence-electron chi connectivity index (χ4n) is 2.91. The molecule has 0 bridgehead atoms. The van der Waals surface area contributed by atoms with Gasteiger partial charge >= 0.3 is 0 Å². The van der Waals surface area contributed by atoms with Crippen molar-refractivity contribution in [3.8, 4) is 11.3 Å². The maximum absolute atomic E-state index is 12.7. The van der Waals surface area contributed by atoms with Gasteiger partial charge in [0.05, 0.1) is 11.4 Å². The number of carbonyl (C=O) groups is 1. The van der Waals surface area contributed by atoms with Gasteiger partial charge in [0, 0.05) is 35.6 Å². The summed E-state index contributed by atoms with van der Waals surface area (Å²) in [6.07, 6.45) is 0. The smallest absolute Gasteiger partial charge is 0.279 e. The first-order valence-electron chi connectivity index (χ1n) is 7.96. The Kier molecular flexibility index (Phi) is 4.22. The molecule has 0 fully saturated rings. The number of hydrogen-bond acceptors (Lipinski definition) is 4. The molecule has 7 heteroatoms. The molecule has 0 saturated heterocycles. The van der Waals surface area contributed by atoms with Crippen LogP contribution < -0.4 is 9.70 Å². The van der Waals surface area contributed by atoms with Crippen LogP contribution in [0.15, 0.2) is 64.0 Å². The van der Waals surface area contributed by atoms with Gasteiger partial charge in [-0.05, 0) is 18.2 Å². The maximum Gasteiger partial charge on any atom is 0.279 e. The maximum atomic E-state index is 12.7. The van der Waals surface area contributed by atoms with Gasteiger partial charge in [-0.2, -0.15) is 5.10 Å². The van der Waals surface area contributed by atoms with E-state index in [1.54, 1.807) is 23.7 Å². The molecule has 2 heterocycles. The van der Waals surface area contributed by atoms with Crippen molar-refractivity contribution in [2.24, 2.45) is 10.1 Å². The zero-order valence-electron chi connectivity index (χ0n) is 14.2. The molecule has 4 rings (SSSR count). The van der Waals surface area contributed by atoms with Crippen molar-refractivity contribution in [2.45, 2.75) is 0 Å². The Balaban J connectivity index is 1.92. The Bertz CT molecular complexity index is 1100. The van der Waals surface area contributed by atoms with E-state index < -0.39 is 0 Å². The predicted molar refractivity (Wildman–Crippen MR) is 106 cm³/mol. The second kappa shape index (κ2) is 6.55. The minimum absolute atomic E-state index is 0.131. The molecular formula is C19H15ClN4OS. The first kappa shape index (κ1) is 16.8. The number of fused-ring (bicyclic) bond motifs is 1. The number of para-hydroxylation sites is 1. The quantitative estimate of drug-likeness (QED) is 0.667. The van der Waals surface area contributed by atoms with E-state index in [0.717, 1.165) is 22.5 Å². The number of anilines is 1. The average Bonchev–Trinajstić information content (AvgIpc) is 3.17. The number of nitrogens with zero attached hydrogens (tertiary/aromatic N) is 4. The largest absolute Gasteiger partial charge is 0.309 e. The van der Waals surface area contributed by atoms with Crippen molar-refractivity contribution >= 4 is 40.2 Å². The lowest BCUT2D eigenvalue weighted by Crippen LogP contribution is -2.27. The first-order chi connectivity index (χ1) is 12.6. The standard InChI is InChI=1S/C19H15ClN4OS/c1-21-19-24(16(11-26-19)12-7-9-13(20)10-8-12)22-17-14-5-3-4-6-15(14)23(2)18(17)25/h3-11H,1-2H3. The molecule has 0 radical (unpaired) electrons. The average molecular weight is 383 g/mol. The fraction of sp³-hybridized carbons (Fsp3) is 0.105. The van der Waals surface area contributed by atoms with Crippen LogP contribution in [-0.2, 0) is 4.79 Å². The molecule has 1 aliphatic heterocycles. The second-order valence-corrected chi connectivity index (χ2v) is 7.05. The van der Waals surface area contributed by atoms with Crippen LogP contribution in [0.4, 0.5) is 5.69 Å². The second-order valence-electron chi connectivity index (χ2n) is 5.78. The summed E-state index contributed by atoms with van der Waals surface area (Å²) < 4.78 is 1.72. The molecule has 26 heavy (non-hydrogen) atoms. The third-order valence-corrected chi connectivity index (χ3v) is 5.40. The number of aromatic nitrogens is 1. The highest BCUT2D eigenvalue weighted by molar-refractivity contribution is 7.07. The highest BCUT2D eigenvalue weighted by atomic mass is 35.5. The summed E-state index contributed by atoms with van der Waals surface area (Å²) >= 11 is 7.47. The number of thiazole rings is 1. The topological polar surface area (TPSA) is 50.0 Å². The van der Waals surface area contributed by atoms with Crippen molar-refractivity contribution in [1.29, 1.82) is 0 Å². The van der Waals surface area contributed by atoms with E-state index in [4.69, 9.17) is 11.6 Å². The lowest BCUT2D eigenvalue weighted by atomic mass is 10.1. The molecule has 1 aliphatic rings. The van der Waals surface area contributed by atoms with Gasteiger partial charge < -0.3 is 4.90 Å². The van der Waals surface area contributed by atoms with Gasteiger partial charge in [-0.25, -0.2) is 4.68 Å². The zero-order valence-corrected chi connectivity index (χ0v) is 15.8. The molecule has 0 aliphatic carbocycles. The van der Waals surface area contributed by atoms with Crippen LogP contribution in [0.5, 0.6) is 0 Å². The number of halogens is 1. The van der Waals surface area contributed by atoms with Crippen LogP contribution >= 0.6 is 22.9 Å². The molecule has 0 unspecified atom stereocenters. The number of hydrogen-bond donors (Lipinski definition) is 0. The first-order valence-corrected chi connectivity index (χ1v) is 9.21. The third-order valence-electron chi connectivity index (χ3n) is 4.24. The summed E-state index contributed by atoms with van der Waals surface area (Å²) in [4.78, 5) is 19.3. The van der Waals surface area contributed by atoms with Gasteiger partial charge in [-0.1, -0.05) is 41.9 Å². The van der Waals surface area contributed by atoms with Gasteiger partial charge in [0.2, 0.25) is 4.80 Å². The summed E-state index contributed by atoms with van der Waals surface area (Å²) in [7, 11) is 3.47. The molecule has 3 aromatic rings. The van der Waals surface area contributed by atoms with Crippen molar-refractivity contribution in [3.05, 3.63) is 69.3 Å². The predicted octanol–water partition coefficient (Wildman–Crippen LogP) is 3.63. The molecule has 2 aromatic carbocycles. The van der Waals surface area contributed by atoms with E-state index in [0.29, 0.717) is 15.5 Å². The Morgan fingerprint density at radius 1 is 1.08 bits per heavy atom. The number of carbonyl (C=O) groups excluding carboxylic acids is 1. The van der Waals surface area contributed by atoms with Gasteiger partial charge in [-0.3, -0.25) is 9.79 Å². The molecule has 130 valence electrons. The highest BCUT2D eigenvalue weighted by Crippen LogP contribution is 2.28. The summed E-state index contributed by atoms with van der Waals surface area (Å²) in [5.41, 5.74) is 3.90. The molecule has 1 aromatic heterocycles. The Hall–Kier alpha value is -2.70. The molecular weight excluding hydrogens is 368 g/mol. The van der Waals surface area contributed by atoms with E-state index >= 15 is 0 Å². The summed E-state index contributed by atoms with van der Waals surface area (Å²) in [6, 6.07) is 15.2. The molecule has 0 spiro atoms. The van der Waals surface area contributed by atoms with Gasteiger partial charge in [0.25, 0.3) is 5.91 Å². The van der Waals surface area contributed by atoms with Crippen molar-refractivity contribution in [1.82, 2.24) is 4.68 Å². The Labute approximate surface area is 159 Å². The molecule has 1 amide bonds. The third kappa shape index (κ3) is 2.67. The number of likely N-dealkylation sites (N-methyl/N-ethyl adjacent to an activating group) is 1. The van der Waals surface area contributed by atoms with E-state index in [-0.39, 0.29) is 5.91 Å². The van der Waals surface area contributed by atoms with Gasteiger partial charge in [-0.15, -0.1) is 11.3 Å². The van der Waals surface area contributed by atoms with E-state index in [2.05, 4.69) is 10.1 Å². The lowest BCUT2D eigenvalue weighted by molar-refractivity contribution is -0.112. The summed E-state index contributed by atoms with van der Waals surface area (Å²) in [5, 5.41) is 7.33. The van der Waals surface area contributed by atoms with Crippen LogP contribution in [0.2, 0.25) is 5.02 Å². The van der Waals surface area contributed by atoms with Crippen molar-refractivity contribution in [3.63, 3.8) is 0 Å². The van der Waals surface area contributed by atoms with E-state index in [9.17, 15) is 4.79 Å². The number of benzene rings is 2. The number of amides is 1. The Morgan fingerprint density at radius 3 is 2.54 bits per heavy atom. The van der Waals surface area contributed by atoms with Crippen LogP contribution in [0.25, 0.3) is 11.3 Å². The molecule has 0 saturated carbocycles. The minimum Gasteiger partial charge on any atom is -0.309 e. The van der Waals surface area contributed by atoms with Crippen molar-refractivity contribution in [2.75, 3.05) is 19.0 Å². The van der Waals surface area contributed by atoms with Gasteiger partial charge in [0.15, 0.2) is 5.71 Å². The normalized spacial score (nSPS) is 15.8. The number of rotatable bonds is 2. The SMILES string of the molecule is CN=c1scc(-c2ccc(Cl)cc2)n1N=C1C(=O)N(C)c2ccccc21. The van der Waals surface area contributed by atoms with Crippen LogP contribution in [0.3, 0.4) is 0 Å². The molecule has 5 nitrogen and oxygen atoms in total. The monoisotopic (exact) mass is 382 g/mol.